The molecule has 2 atom stereocenters. The smallest absolute Gasteiger partial charge is 0.410 e. The van der Waals surface area contributed by atoms with Crippen molar-refractivity contribution >= 4 is 46.2 Å². The summed E-state index contributed by atoms with van der Waals surface area (Å²) >= 11 is 5.87. The molecule has 5 rings (SSSR count). The minimum absolute atomic E-state index is 0.00892. The fraction of sp³-hybridized carbons (Fsp3) is 0.435. The van der Waals surface area contributed by atoms with Gasteiger partial charge in [0.15, 0.2) is 11.6 Å². The van der Waals surface area contributed by atoms with E-state index in [0.29, 0.717) is 30.1 Å². The summed E-state index contributed by atoms with van der Waals surface area (Å²) < 4.78 is 49.6. The molecule has 37 heavy (non-hydrogen) atoms. The molecule has 1 amide bonds. The molecule has 0 radical (unpaired) electrons. The monoisotopic (exact) mass is 537 g/mol. The number of benzene rings is 1. The minimum Gasteiger partial charge on any atom is -0.444 e. The highest BCUT2D eigenvalue weighted by atomic mass is 35.5. The van der Waals surface area contributed by atoms with Gasteiger partial charge in [-0.3, -0.25) is 0 Å². The van der Waals surface area contributed by atoms with E-state index in [1.165, 1.54) is 18.6 Å². The molecule has 2 aliphatic heterocycles. The van der Waals surface area contributed by atoms with Gasteiger partial charge in [0.05, 0.1) is 24.0 Å². The number of piperazine rings is 1. The predicted octanol–water partition coefficient (Wildman–Crippen LogP) is 4.76. The lowest BCUT2D eigenvalue weighted by atomic mass is 10.2. The second-order valence-corrected chi connectivity index (χ2v) is 10.1. The highest BCUT2D eigenvalue weighted by Gasteiger charge is 2.47. The van der Waals surface area contributed by atoms with E-state index in [1.807, 2.05) is 25.7 Å². The van der Waals surface area contributed by atoms with Crippen LogP contribution in [0.25, 0.3) is 11.0 Å². The molecule has 14 heteroatoms. The van der Waals surface area contributed by atoms with Crippen LogP contribution >= 0.6 is 11.6 Å². The Labute approximate surface area is 214 Å². The van der Waals surface area contributed by atoms with E-state index < -0.39 is 28.8 Å². The average Bonchev–Trinajstić information content (AvgIpc) is 3.44. The molecular formula is C23H23ClF3N7O3. The molecule has 1 aromatic carbocycles. The van der Waals surface area contributed by atoms with Crippen molar-refractivity contribution in [2.45, 2.75) is 51.5 Å². The Morgan fingerprint density at radius 3 is 2.65 bits per heavy atom. The number of carbonyl (C=O) groups excluding carboxylic acids is 1. The molecule has 1 N–H and O–H groups in total. The number of alkyl halides is 2. The number of hydrogen-bond acceptors (Lipinski definition) is 9. The van der Waals surface area contributed by atoms with Crippen LogP contribution in [-0.2, 0) is 4.74 Å². The van der Waals surface area contributed by atoms with Crippen LogP contribution < -0.4 is 15.0 Å². The molecule has 10 nitrogen and oxygen atoms in total. The van der Waals surface area contributed by atoms with Crippen LogP contribution in [-0.4, -0.2) is 68.3 Å². The van der Waals surface area contributed by atoms with Crippen LogP contribution in [0, 0.1) is 5.82 Å². The van der Waals surface area contributed by atoms with Gasteiger partial charge in [-0.05, 0) is 39.3 Å². The number of amides is 1. The molecule has 3 aromatic rings. The molecule has 2 aromatic heterocycles. The first-order valence-electron chi connectivity index (χ1n) is 11.4. The summed E-state index contributed by atoms with van der Waals surface area (Å²) in [5, 5.41) is 2.20. The van der Waals surface area contributed by atoms with Gasteiger partial charge >= 0.3 is 12.7 Å². The lowest BCUT2D eigenvalue weighted by Crippen LogP contribution is -2.50. The van der Waals surface area contributed by atoms with Crippen molar-refractivity contribution in [3.63, 3.8) is 0 Å². The van der Waals surface area contributed by atoms with Gasteiger partial charge in [-0.2, -0.15) is 8.78 Å². The number of likely N-dealkylation sites (tertiary alicyclic amines) is 1. The number of halogens is 4. The lowest BCUT2D eigenvalue weighted by Gasteiger charge is -2.35. The Hall–Kier alpha value is -3.61. The molecule has 0 aliphatic carbocycles. The van der Waals surface area contributed by atoms with E-state index in [4.69, 9.17) is 16.3 Å². The quantitative estimate of drug-likeness (QED) is 0.493. The summed E-state index contributed by atoms with van der Waals surface area (Å²) in [6.45, 7) is 3.35. The third-order valence-electron chi connectivity index (χ3n) is 6.01. The van der Waals surface area contributed by atoms with Gasteiger partial charge in [0.1, 0.15) is 33.7 Å². The summed E-state index contributed by atoms with van der Waals surface area (Å²) in [7, 11) is 0. The van der Waals surface area contributed by atoms with Crippen LogP contribution in [0.1, 0.15) is 27.2 Å². The van der Waals surface area contributed by atoms with E-state index in [1.54, 1.807) is 4.90 Å². The zero-order valence-corrected chi connectivity index (χ0v) is 20.8. The Balaban J connectivity index is 1.38. The van der Waals surface area contributed by atoms with Gasteiger partial charge in [-0.1, -0.05) is 11.6 Å². The highest BCUT2D eigenvalue weighted by Crippen LogP contribution is 2.36. The van der Waals surface area contributed by atoms with E-state index in [-0.39, 0.29) is 29.7 Å². The molecule has 0 saturated carbocycles. The third kappa shape index (κ3) is 4.99. The Bertz CT molecular complexity index is 1360. The predicted molar refractivity (Wildman–Crippen MR) is 129 cm³/mol. The number of ether oxygens (including phenoxy) is 2. The molecule has 0 unspecified atom stereocenters. The number of nitrogens with zero attached hydrogens (tertiary/aromatic N) is 6. The summed E-state index contributed by atoms with van der Waals surface area (Å²) in [5.74, 6) is -0.881. The SMILES string of the molecule is CC(C)(C)OC(=O)N1C[C@@H]2C[C@H]1CN2c1ncc2ncnc(Nc3ccc(OC(F)F)c(Cl)c3F)c2n1. The first kappa shape index (κ1) is 25.1. The highest BCUT2D eigenvalue weighted by molar-refractivity contribution is 6.32. The van der Waals surface area contributed by atoms with Crippen LogP contribution in [0.2, 0.25) is 5.02 Å². The molecule has 4 heterocycles. The fourth-order valence-corrected chi connectivity index (χ4v) is 4.68. The molecule has 2 saturated heterocycles. The second kappa shape index (κ2) is 9.36. The van der Waals surface area contributed by atoms with Crippen LogP contribution in [0.4, 0.5) is 35.4 Å². The van der Waals surface area contributed by atoms with Gasteiger partial charge in [0.25, 0.3) is 0 Å². The molecule has 196 valence electrons. The van der Waals surface area contributed by atoms with Gasteiger partial charge in [-0.25, -0.2) is 29.1 Å². The largest absolute Gasteiger partial charge is 0.444 e. The number of aromatic nitrogens is 4. The first-order valence-corrected chi connectivity index (χ1v) is 11.8. The van der Waals surface area contributed by atoms with E-state index >= 15 is 0 Å². The maximum absolute atomic E-state index is 14.8. The van der Waals surface area contributed by atoms with Gasteiger partial charge < -0.3 is 24.6 Å². The number of fused-ring (bicyclic) bond motifs is 3. The summed E-state index contributed by atoms with van der Waals surface area (Å²) in [4.78, 5) is 33.7. The van der Waals surface area contributed by atoms with E-state index in [0.717, 1.165) is 12.5 Å². The molecule has 2 aliphatic rings. The van der Waals surface area contributed by atoms with Crippen molar-refractivity contribution < 1.29 is 27.4 Å². The molecule has 0 spiro atoms. The third-order valence-corrected chi connectivity index (χ3v) is 6.36. The summed E-state index contributed by atoms with van der Waals surface area (Å²) in [6, 6.07) is 2.31. The lowest BCUT2D eigenvalue weighted by molar-refractivity contribution is -0.0499. The van der Waals surface area contributed by atoms with Crippen molar-refractivity contribution in [1.29, 1.82) is 0 Å². The van der Waals surface area contributed by atoms with Gasteiger partial charge in [0, 0.05) is 13.1 Å². The van der Waals surface area contributed by atoms with Crippen molar-refractivity contribution in [2.75, 3.05) is 23.3 Å². The first-order chi connectivity index (χ1) is 17.5. The normalized spacial score (nSPS) is 19.1. The summed E-state index contributed by atoms with van der Waals surface area (Å²) in [6.07, 6.45) is 3.21. The maximum Gasteiger partial charge on any atom is 0.410 e. The van der Waals surface area contributed by atoms with Crippen LogP contribution in [0.5, 0.6) is 5.75 Å². The number of carbonyl (C=O) groups is 1. The van der Waals surface area contributed by atoms with Crippen molar-refractivity contribution in [2.24, 2.45) is 0 Å². The number of rotatable bonds is 5. The average molecular weight is 538 g/mol. The standard InChI is InChI=1S/C23H23ClF3N7O3/c1-23(2,3)37-22(35)34-9-11-6-12(34)8-33(11)21-28-7-14-18(32-21)19(30-10-29-14)31-13-4-5-15(36-20(26)27)16(24)17(13)25/h4-5,7,10-12,20H,6,8-9H2,1-3H3,(H,29,30,31)/t11-,12-/m0/s1. The van der Waals surface area contributed by atoms with E-state index in [2.05, 4.69) is 30.0 Å². The zero-order valence-electron chi connectivity index (χ0n) is 20.1. The van der Waals surface area contributed by atoms with Gasteiger partial charge in [-0.15, -0.1) is 0 Å². The molecule has 2 fully saturated rings. The van der Waals surface area contributed by atoms with Crippen molar-refractivity contribution in [1.82, 2.24) is 24.8 Å². The Morgan fingerprint density at radius 2 is 1.97 bits per heavy atom. The zero-order chi connectivity index (χ0) is 26.5. The summed E-state index contributed by atoms with van der Waals surface area (Å²) in [5.41, 5.74) is 0.0385. The van der Waals surface area contributed by atoms with Crippen molar-refractivity contribution in [3.8, 4) is 5.75 Å². The maximum atomic E-state index is 14.8. The second-order valence-electron chi connectivity index (χ2n) is 9.70. The number of hydrogen-bond donors (Lipinski definition) is 1. The number of anilines is 3. The fourth-order valence-electron chi connectivity index (χ4n) is 4.47. The van der Waals surface area contributed by atoms with Crippen LogP contribution in [0.15, 0.2) is 24.7 Å². The Kier molecular flexibility index (Phi) is 6.34. The molecule has 2 bridgehead atoms. The van der Waals surface area contributed by atoms with Crippen LogP contribution in [0.3, 0.4) is 0 Å². The van der Waals surface area contributed by atoms with Gasteiger partial charge in [0.2, 0.25) is 5.95 Å². The minimum atomic E-state index is -3.14. The van der Waals surface area contributed by atoms with E-state index in [9.17, 15) is 18.0 Å². The number of nitrogens with one attached hydrogen (secondary N) is 1. The topological polar surface area (TPSA) is 106 Å². The Morgan fingerprint density at radius 1 is 1.19 bits per heavy atom. The van der Waals surface area contributed by atoms with Crippen molar-refractivity contribution in [3.05, 3.63) is 35.5 Å². The molecular weight excluding hydrogens is 515 g/mol.